The molecule has 20 heavy (non-hydrogen) atoms. The van der Waals surface area contributed by atoms with Crippen molar-refractivity contribution in [2.45, 2.75) is 12.6 Å². The minimum atomic E-state index is -1.10. The maximum Gasteiger partial charge on any atom is 0.331 e. The SMILES string of the molecule is O=C(NCc1ccccn1)NC(C(=O)O)c1cccs1. The zero-order valence-electron chi connectivity index (χ0n) is 10.4. The van der Waals surface area contributed by atoms with Crippen molar-refractivity contribution in [2.24, 2.45) is 0 Å². The van der Waals surface area contributed by atoms with Crippen molar-refractivity contribution >= 4 is 23.3 Å². The van der Waals surface area contributed by atoms with Crippen LogP contribution in [0.4, 0.5) is 4.79 Å². The van der Waals surface area contributed by atoms with Gasteiger partial charge < -0.3 is 15.7 Å². The summed E-state index contributed by atoms with van der Waals surface area (Å²) in [6, 6.07) is 7.18. The fraction of sp³-hybridized carbons (Fsp3) is 0.154. The summed E-state index contributed by atoms with van der Waals surface area (Å²) < 4.78 is 0. The number of hydrogen-bond donors (Lipinski definition) is 3. The van der Waals surface area contributed by atoms with E-state index in [1.165, 1.54) is 11.3 Å². The van der Waals surface area contributed by atoms with Gasteiger partial charge in [0.2, 0.25) is 0 Å². The van der Waals surface area contributed by atoms with Gasteiger partial charge in [-0.05, 0) is 23.6 Å². The summed E-state index contributed by atoms with van der Waals surface area (Å²) in [6.45, 7) is 0.240. The van der Waals surface area contributed by atoms with Crippen molar-refractivity contribution in [3.05, 3.63) is 52.5 Å². The molecule has 2 aromatic heterocycles. The number of nitrogens with zero attached hydrogens (tertiary/aromatic N) is 1. The van der Waals surface area contributed by atoms with Crippen LogP contribution < -0.4 is 10.6 Å². The van der Waals surface area contributed by atoms with Gasteiger partial charge >= 0.3 is 12.0 Å². The molecular weight excluding hydrogens is 278 g/mol. The highest BCUT2D eigenvalue weighted by Crippen LogP contribution is 2.18. The van der Waals surface area contributed by atoms with Crippen molar-refractivity contribution in [3.8, 4) is 0 Å². The minimum absolute atomic E-state index is 0.240. The Hall–Kier alpha value is -2.41. The molecule has 0 fully saturated rings. The molecule has 104 valence electrons. The largest absolute Gasteiger partial charge is 0.479 e. The highest BCUT2D eigenvalue weighted by atomic mass is 32.1. The average molecular weight is 291 g/mol. The lowest BCUT2D eigenvalue weighted by Gasteiger charge is -2.13. The van der Waals surface area contributed by atoms with Gasteiger partial charge in [-0.2, -0.15) is 0 Å². The highest BCUT2D eigenvalue weighted by molar-refractivity contribution is 7.10. The summed E-state index contributed by atoms with van der Waals surface area (Å²) in [7, 11) is 0. The second kappa shape index (κ2) is 6.67. The van der Waals surface area contributed by atoms with Gasteiger partial charge in [-0.1, -0.05) is 12.1 Å². The number of aromatic nitrogens is 1. The predicted molar refractivity (Wildman–Crippen MR) is 74.3 cm³/mol. The molecule has 0 bridgehead atoms. The number of carboxylic acid groups (broad SMARTS) is 1. The number of carboxylic acids is 1. The lowest BCUT2D eigenvalue weighted by Crippen LogP contribution is -2.40. The zero-order valence-corrected chi connectivity index (χ0v) is 11.3. The first-order valence-electron chi connectivity index (χ1n) is 5.87. The Kier molecular flexibility index (Phi) is 4.67. The lowest BCUT2D eigenvalue weighted by atomic mass is 10.2. The van der Waals surface area contributed by atoms with Crippen LogP contribution in [-0.2, 0) is 11.3 Å². The average Bonchev–Trinajstić information content (AvgIpc) is 2.97. The third-order valence-electron chi connectivity index (χ3n) is 2.51. The Labute approximate surface area is 119 Å². The summed E-state index contributed by atoms with van der Waals surface area (Å²) in [5, 5.41) is 15.9. The van der Waals surface area contributed by atoms with Gasteiger partial charge in [-0.25, -0.2) is 9.59 Å². The van der Waals surface area contributed by atoms with Crippen LogP contribution in [-0.4, -0.2) is 22.1 Å². The molecule has 6 nitrogen and oxygen atoms in total. The Balaban J connectivity index is 1.91. The van der Waals surface area contributed by atoms with Crippen LogP contribution in [0.25, 0.3) is 0 Å². The van der Waals surface area contributed by atoms with Crippen LogP contribution in [0.5, 0.6) is 0 Å². The molecule has 0 aliphatic heterocycles. The first-order chi connectivity index (χ1) is 9.66. The summed E-state index contributed by atoms with van der Waals surface area (Å²) in [5.74, 6) is -1.10. The molecule has 0 saturated heterocycles. The van der Waals surface area contributed by atoms with Crippen molar-refractivity contribution in [2.75, 3.05) is 0 Å². The van der Waals surface area contributed by atoms with E-state index < -0.39 is 18.0 Å². The summed E-state index contributed by atoms with van der Waals surface area (Å²) in [5.41, 5.74) is 0.700. The normalized spacial score (nSPS) is 11.6. The Bertz CT molecular complexity index is 572. The molecule has 0 aliphatic carbocycles. The van der Waals surface area contributed by atoms with Crippen LogP contribution in [0, 0.1) is 0 Å². The molecule has 2 aromatic rings. The molecule has 2 amide bonds. The van der Waals surface area contributed by atoms with Gasteiger partial charge in [0.1, 0.15) is 0 Å². The van der Waals surface area contributed by atoms with Crippen molar-refractivity contribution in [1.29, 1.82) is 0 Å². The molecular formula is C13H13N3O3S. The number of carbonyl (C=O) groups is 2. The van der Waals surface area contributed by atoms with E-state index in [0.717, 1.165) is 0 Å². The van der Waals surface area contributed by atoms with Crippen LogP contribution >= 0.6 is 11.3 Å². The highest BCUT2D eigenvalue weighted by Gasteiger charge is 2.22. The van der Waals surface area contributed by atoms with Crippen molar-refractivity contribution in [3.63, 3.8) is 0 Å². The van der Waals surface area contributed by atoms with Crippen LogP contribution in [0.15, 0.2) is 41.9 Å². The number of rotatable bonds is 5. The number of aliphatic carboxylic acids is 1. The number of hydrogen-bond acceptors (Lipinski definition) is 4. The van der Waals surface area contributed by atoms with Crippen molar-refractivity contribution in [1.82, 2.24) is 15.6 Å². The molecule has 0 saturated carbocycles. The van der Waals surface area contributed by atoms with E-state index in [9.17, 15) is 9.59 Å². The first kappa shape index (κ1) is 14.0. The zero-order chi connectivity index (χ0) is 14.4. The van der Waals surface area contributed by atoms with Crippen molar-refractivity contribution < 1.29 is 14.7 Å². The second-order valence-electron chi connectivity index (χ2n) is 3.93. The van der Waals surface area contributed by atoms with Gasteiger partial charge in [0.15, 0.2) is 6.04 Å². The quantitative estimate of drug-likeness (QED) is 0.783. The van der Waals surface area contributed by atoms with Gasteiger partial charge in [0.05, 0.1) is 12.2 Å². The van der Waals surface area contributed by atoms with Crippen LogP contribution in [0.3, 0.4) is 0 Å². The number of amides is 2. The van der Waals surface area contributed by atoms with Gasteiger partial charge in [-0.15, -0.1) is 11.3 Å². The fourth-order valence-corrected chi connectivity index (χ4v) is 2.33. The third-order valence-corrected chi connectivity index (χ3v) is 3.44. The molecule has 3 N–H and O–H groups in total. The number of carbonyl (C=O) groups excluding carboxylic acids is 1. The van der Waals surface area contributed by atoms with E-state index in [1.807, 2.05) is 6.07 Å². The Morgan fingerprint density at radius 3 is 2.75 bits per heavy atom. The molecule has 7 heteroatoms. The van der Waals surface area contributed by atoms with Gasteiger partial charge in [-0.3, -0.25) is 4.98 Å². The number of urea groups is 1. The second-order valence-corrected chi connectivity index (χ2v) is 4.91. The van der Waals surface area contributed by atoms with E-state index in [0.29, 0.717) is 10.6 Å². The maximum atomic E-state index is 11.7. The van der Waals surface area contributed by atoms with E-state index in [-0.39, 0.29) is 6.54 Å². The summed E-state index contributed by atoms with van der Waals surface area (Å²) in [4.78, 5) is 27.5. The summed E-state index contributed by atoms with van der Waals surface area (Å²) >= 11 is 1.28. The molecule has 1 atom stereocenters. The molecule has 0 spiro atoms. The van der Waals surface area contributed by atoms with Gasteiger partial charge in [0.25, 0.3) is 0 Å². The summed E-state index contributed by atoms with van der Waals surface area (Å²) in [6.07, 6.45) is 1.63. The minimum Gasteiger partial charge on any atom is -0.479 e. The fourth-order valence-electron chi connectivity index (χ4n) is 1.57. The molecule has 0 radical (unpaired) electrons. The van der Waals surface area contributed by atoms with Gasteiger partial charge in [0, 0.05) is 11.1 Å². The molecule has 0 aromatic carbocycles. The third kappa shape index (κ3) is 3.79. The monoisotopic (exact) mass is 291 g/mol. The van der Waals surface area contributed by atoms with E-state index in [1.54, 1.807) is 35.8 Å². The Morgan fingerprint density at radius 1 is 1.30 bits per heavy atom. The standard InChI is InChI=1S/C13H13N3O3S/c17-12(18)11(10-5-3-7-20-10)16-13(19)15-8-9-4-1-2-6-14-9/h1-7,11H,8H2,(H,17,18)(H2,15,16,19). The smallest absolute Gasteiger partial charge is 0.331 e. The van der Waals surface area contributed by atoms with Crippen LogP contribution in [0.2, 0.25) is 0 Å². The van der Waals surface area contributed by atoms with E-state index in [2.05, 4.69) is 15.6 Å². The molecule has 2 rings (SSSR count). The molecule has 2 heterocycles. The maximum absolute atomic E-state index is 11.7. The first-order valence-corrected chi connectivity index (χ1v) is 6.75. The number of nitrogens with one attached hydrogen (secondary N) is 2. The predicted octanol–water partition coefficient (Wildman–Crippen LogP) is 1.77. The number of thiophene rings is 1. The van der Waals surface area contributed by atoms with E-state index in [4.69, 9.17) is 5.11 Å². The Morgan fingerprint density at radius 2 is 2.15 bits per heavy atom. The van der Waals surface area contributed by atoms with Crippen LogP contribution in [0.1, 0.15) is 16.6 Å². The molecule has 1 unspecified atom stereocenters. The van der Waals surface area contributed by atoms with E-state index >= 15 is 0 Å². The number of pyridine rings is 1. The topological polar surface area (TPSA) is 91.3 Å². The molecule has 0 aliphatic rings. The lowest BCUT2D eigenvalue weighted by molar-refractivity contribution is -0.139.